The zero-order valence-corrected chi connectivity index (χ0v) is 31.1. The van der Waals surface area contributed by atoms with Gasteiger partial charge in [-0.2, -0.15) is 0 Å². The van der Waals surface area contributed by atoms with E-state index in [9.17, 15) is 0 Å². The van der Waals surface area contributed by atoms with Crippen LogP contribution in [0, 0.1) is 0 Å². The van der Waals surface area contributed by atoms with Crippen LogP contribution in [0.4, 0.5) is 34.1 Å². The number of anilines is 6. The molecule has 7 aromatic carbocycles. The lowest BCUT2D eigenvalue weighted by Gasteiger charge is -2.46. The molecule has 2 spiro atoms. The van der Waals surface area contributed by atoms with E-state index in [0.29, 0.717) is 0 Å². The zero-order valence-electron chi connectivity index (χ0n) is 31.1. The predicted molar refractivity (Wildman–Crippen MR) is 230 cm³/mol. The summed E-state index contributed by atoms with van der Waals surface area (Å²) in [5.74, 6) is 0. The van der Waals surface area contributed by atoms with E-state index in [4.69, 9.17) is 0 Å². The van der Waals surface area contributed by atoms with E-state index in [1.54, 1.807) is 11.1 Å². The SMILES string of the molecule is c1ccc(N2c3cc4c(cc3B3c5ccccc5N(c5ccccc5)c5c3c2cc2c5-c3ccccc3C23CCCC3)C2(CCCC2)c2ccccc2-4)cc1. The van der Waals surface area contributed by atoms with Crippen LogP contribution >= 0.6 is 0 Å². The highest BCUT2D eigenvalue weighted by Gasteiger charge is 2.53. The number of hydrogen-bond donors (Lipinski definition) is 0. The largest absolute Gasteiger partial charge is 0.311 e. The van der Waals surface area contributed by atoms with E-state index >= 15 is 0 Å². The summed E-state index contributed by atoms with van der Waals surface area (Å²) in [6.45, 7) is 0.0983. The fourth-order valence-corrected chi connectivity index (χ4v) is 12.6. The number of para-hydroxylation sites is 3. The van der Waals surface area contributed by atoms with Crippen LogP contribution < -0.4 is 26.2 Å². The molecule has 2 aliphatic heterocycles. The molecule has 0 unspecified atom stereocenters. The minimum absolute atomic E-state index is 0.0284. The van der Waals surface area contributed by atoms with Crippen molar-refractivity contribution in [1.82, 2.24) is 0 Å². The van der Waals surface area contributed by atoms with Crippen LogP contribution in [0.1, 0.15) is 73.6 Å². The lowest BCUT2D eigenvalue weighted by atomic mass is 9.33. The quantitative estimate of drug-likeness (QED) is 0.165. The lowest BCUT2D eigenvalue weighted by molar-refractivity contribution is 0.550. The Labute approximate surface area is 324 Å². The molecule has 0 N–H and O–H groups in total. The number of rotatable bonds is 2. The molecule has 2 heterocycles. The summed E-state index contributed by atoms with van der Waals surface area (Å²) < 4.78 is 0. The van der Waals surface area contributed by atoms with Gasteiger partial charge < -0.3 is 9.80 Å². The Balaban J connectivity index is 1.21. The molecule has 0 radical (unpaired) electrons. The molecule has 2 saturated carbocycles. The smallest absolute Gasteiger partial charge is 0.252 e. The molecule has 0 bridgehead atoms. The monoisotopic (exact) mass is 704 g/mol. The van der Waals surface area contributed by atoms with Gasteiger partial charge in [0.05, 0.1) is 5.69 Å². The molecule has 0 aromatic heterocycles. The molecule has 0 atom stereocenters. The molecule has 262 valence electrons. The second-order valence-electron chi connectivity index (χ2n) is 17.0. The number of fused-ring (bicyclic) bond motifs is 15. The van der Waals surface area contributed by atoms with E-state index in [1.807, 2.05) is 0 Å². The van der Waals surface area contributed by atoms with Gasteiger partial charge in [-0.25, -0.2) is 0 Å². The van der Waals surface area contributed by atoms with Gasteiger partial charge in [0.25, 0.3) is 6.71 Å². The van der Waals surface area contributed by atoms with Gasteiger partial charge in [0, 0.05) is 44.8 Å². The van der Waals surface area contributed by atoms with Gasteiger partial charge in [-0.05, 0) is 123 Å². The summed E-state index contributed by atoms with van der Waals surface area (Å²) in [4.78, 5) is 5.31. The Bertz CT molecular complexity index is 2740. The van der Waals surface area contributed by atoms with E-state index in [2.05, 4.69) is 161 Å². The van der Waals surface area contributed by atoms with Crippen LogP contribution in [0.15, 0.2) is 152 Å². The predicted octanol–water partition coefficient (Wildman–Crippen LogP) is 11.5. The lowest BCUT2D eigenvalue weighted by Crippen LogP contribution is -2.61. The molecule has 0 amide bonds. The molecule has 6 aliphatic rings. The third kappa shape index (κ3) is 3.77. The van der Waals surface area contributed by atoms with Crippen molar-refractivity contribution in [3.8, 4) is 22.3 Å². The highest BCUT2D eigenvalue weighted by molar-refractivity contribution is 7.00. The Morgan fingerprint density at radius 2 is 0.964 bits per heavy atom. The first kappa shape index (κ1) is 30.5. The van der Waals surface area contributed by atoms with Crippen molar-refractivity contribution < 1.29 is 0 Å². The summed E-state index contributed by atoms with van der Waals surface area (Å²) in [5, 5.41) is 0. The minimum atomic E-state index is 0.0284. The van der Waals surface area contributed by atoms with E-state index < -0.39 is 0 Å². The first-order valence-electron chi connectivity index (χ1n) is 20.7. The molecular weight excluding hydrogens is 663 g/mol. The second kappa shape index (κ2) is 10.9. The molecule has 2 nitrogen and oxygen atoms in total. The molecule has 0 saturated heterocycles. The van der Waals surface area contributed by atoms with Gasteiger partial charge in [-0.15, -0.1) is 0 Å². The van der Waals surface area contributed by atoms with E-state index in [-0.39, 0.29) is 17.5 Å². The Morgan fingerprint density at radius 3 is 1.67 bits per heavy atom. The van der Waals surface area contributed by atoms with Crippen molar-refractivity contribution in [2.24, 2.45) is 0 Å². The van der Waals surface area contributed by atoms with Gasteiger partial charge in [-0.3, -0.25) is 0 Å². The topological polar surface area (TPSA) is 6.48 Å². The minimum Gasteiger partial charge on any atom is -0.311 e. The summed E-state index contributed by atoms with van der Waals surface area (Å²) in [6, 6.07) is 58.6. The van der Waals surface area contributed by atoms with Crippen LogP contribution in [-0.4, -0.2) is 6.71 Å². The average molecular weight is 705 g/mol. The van der Waals surface area contributed by atoms with Crippen LogP contribution in [-0.2, 0) is 10.8 Å². The van der Waals surface area contributed by atoms with E-state index in [0.717, 1.165) is 0 Å². The van der Waals surface area contributed by atoms with Crippen molar-refractivity contribution in [2.75, 3.05) is 9.80 Å². The Hall–Kier alpha value is -5.80. The maximum atomic E-state index is 2.71. The average Bonchev–Trinajstić information content (AvgIpc) is 4.05. The molecule has 13 rings (SSSR count). The third-order valence-electron chi connectivity index (χ3n) is 14.7. The molecule has 3 heteroatoms. The van der Waals surface area contributed by atoms with Gasteiger partial charge >= 0.3 is 0 Å². The van der Waals surface area contributed by atoms with Crippen LogP contribution in [0.5, 0.6) is 0 Å². The van der Waals surface area contributed by atoms with Gasteiger partial charge in [-0.1, -0.05) is 135 Å². The highest BCUT2D eigenvalue weighted by atomic mass is 15.2. The molecule has 4 aliphatic carbocycles. The molecular formula is C52H41BN2. The van der Waals surface area contributed by atoms with Gasteiger partial charge in [0.2, 0.25) is 0 Å². The van der Waals surface area contributed by atoms with Crippen molar-refractivity contribution >= 4 is 57.2 Å². The second-order valence-corrected chi connectivity index (χ2v) is 17.0. The normalized spacial score (nSPS) is 18.1. The van der Waals surface area contributed by atoms with Gasteiger partial charge in [0.15, 0.2) is 0 Å². The number of nitrogens with zero attached hydrogens (tertiary/aromatic N) is 2. The molecule has 55 heavy (non-hydrogen) atoms. The molecule has 7 aromatic rings. The van der Waals surface area contributed by atoms with Crippen LogP contribution in [0.3, 0.4) is 0 Å². The van der Waals surface area contributed by atoms with Crippen molar-refractivity contribution in [1.29, 1.82) is 0 Å². The summed E-state index contributed by atoms with van der Waals surface area (Å²) in [7, 11) is 0. The number of hydrogen-bond acceptors (Lipinski definition) is 2. The summed E-state index contributed by atoms with van der Waals surface area (Å²) in [6.07, 6.45) is 9.99. The standard InChI is InChI=1S/C52H41BN2/c1-3-17-34(18-4-1)54-46-31-38-36-21-7-9-23-39(36)51(27-13-14-28-51)41(38)32-44(46)53-43-25-11-12-26-45(43)55(35-19-5-2-6-20-35)50-48-37-22-8-10-24-40(37)52(29-15-16-30-52)42(48)33-47(54)49(50)53/h1-12,17-26,31-33H,13-16,27-30H2. The van der Waals surface area contributed by atoms with Crippen molar-refractivity contribution in [2.45, 2.75) is 62.2 Å². The Kier molecular flexibility index (Phi) is 6.06. The van der Waals surface area contributed by atoms with Crippen LogP contribution in [0.2, 0.25) is 0 Å². The third-order valence-corrected chi connectivity index (χ3v) is 14.7. The maximum Gasteiger partial charge on any atom is 0.252 e. The van der Waals surface area contributed by atoms with Gasteiger partial charge in [0.1, 0.15) is 0 Å². The first-order valence-corrected chi connectivity index (χ1v) is 20.7. The van der Waals surface area contributed by atoms with Crippen molar-refractivity contribution in [3.63, 3.8) is 0 Å². The summed E-state index contributed by atoms with van der Waals surface area (Å²) in [5.41, 5.74) is 24.1. The van der Waals surface area contributed by atoms with Crippen molar-refractivity contribution in [3.05, 3.63) is 174 Å². The highest BCUT2D eigenvalue weighted by Crippen LogP contribution is 2.63. The Morgan fingerprint density at radius 1 is 0.400 bits per heavy atom. The fourth-order valence-electron chi connectivity index (χ4n) is 12.6. The maximum absolute atomic E-state index is 2.71. The molecule has 2 fully saturated rings. The summed E-state index contributed by atoms with van der Waals surface area (Å²) >= 11 is 0. The first-order chi connectivity index (χ1) is 27.3. The zero-order chi connectivity index (χ0) is 35.9. The van der Waals surface area contributed by atoms with Crippen LogP contribution in [0.25, 0.3) is 22.3 Å². The number of benzene rings is 7. The fraction of sp³-hybridized carbons (Fsp3) is 0.192. The van der Waals surface area contributed by atoms with E-state index in [1.165, 1.54) is 135 Å².